The fourth-order valence-corrected chi connectivity index (χ4v) is 3.07. The van der Waals surface area contributed by atoms with E-state index in [2.05, 4.69) is 12.2 Å². The molecule has 0 saturated heterocycles. The van der Waals surface area contributed by atoms with Crippen LogP contribution < -0.4 is 5.32 Å². The van der Waals surface area contributed by atoms with Crippen LogP contribution in [-0.4, -0.2) is 35.3 Å². The molecule has 0 bridgehead atoms. The third kappa shape index (κ3) is 4.14. The third-order valence-corrected chi connectivity index (χ3v) is 4.35. The van der Waals surface area contributed by atoms with Crippen molar-refractivity contribution in [1.82, 2.24) is 9.88 Å². The van der Waals surface area contributed by atoms with Crippen molar-refractivity contribution in [3.8, 4) is 11.3 Å². The zero-order valence-electron chi connectivity index (χ0n) is 15.8. The van der Waals surface area contributed by atoms with Crippen molar-refractivity contribution in [2.24, 2.45) is 0 Å². The summed E-state index contributed by atoms with van der Waals surface area (Å²) in [6, 6.07) is 17.0. The number of benzene rings is 2. The Bertz CT molecular complexity index is 981. The molecule has 3 rings (SSSR count). The van der Waals surface area contributed by atoms with Gasteiger partial charge in [0.05, 0.1) is 16.8 Å². The summed E-state index contributed by atoms with van der Waals surface area (Å²) in [5.41, 5.74) is 3.79. The Morgan fingerprint density at radius 1 is 1.07 bits per heavy atom. The van der Waals surface area contributed by atoms with Crippen molar-refractivity contribution in [2.45, 2.75) is 20.3 Å². The molecular formula is C22H23N3O2. The smallest absolute Gasteiger partial charge is 0.254 e. The van der Waals surface area contributed by atoms with Crippen molar-refractivity contribution in [3.63, 3.8) is 0 Å². The third-order valence-electron chi connectivity index (χ3n) is 4.35. The van der Waals surface area contributed by atoms with Crippen LogP contribution in [0.15, 0.2) is 54.6 Å². The maximum atomic E-state index is 13.0. The highest BCUT2D eigenvalue weighted by molar-refractivity contribution is 6.07. The summed E-state index contributed by atoms with van der Waals surface area (Å²) in [5.74, 6) is -0.120. The van der Waals surface area contributed by atoms with E-state index in [4.69, 9.17) is 4.98 Å². The molecule has 27 heavy (non-hydrogen) atoms. The van der Waals surface area contributed by atoms with Crippen LogP contribution in [0.5, 0.6) is 0 Å². The molecule has 5 heteroatoms. The number of aromatic nitrogens is 1. The van der Waals surface area contributed by atoms with E-state index in [1.807, 2.05) is 61.6 Å². The van der Waals surface area contributed by atoms with Gasteiger partial charge in [0.1, 0.15) is 0 Å². The van der Waals surface area contributed by atoms with Crippen molar-refractivity contribution in [2.75, 3.05) is 18.9 Å². The fraction of sp³-hybridized carbons (Fsp3) is 0.227. The minimum absolute atomic E-state index is 0.00781. The molecule has 3 aromatic rings. The molecule has 0 aliphatic heterocycles. The summed E-state index contributed by atoms with van der Waals surface area (Å²) < 4.78 is 0. The lowest BCUT2D eigenvalue weighted by Crippen LogP contribution is -2.27. The van der Waals surface area contributed by atoms with Crippen LogP contribution in [0.4, 0.5) is 5.69 Å². The van der Waals surface area contributed by atoms with Crippen LogP contribution >= 0.6 is 0 Å². The number of para-hydroxylation sites is 1. The molecule has 2 aromatic carbocycles. The summed E-state index contributed by atoms with van der Waals surface area (Å²) in [7, 11) is 1.82. The fourth-order valence-electron chi connectivity index (χ4n) is 3.07. The maximum absolute atomic E-state index is 13.0. The quantitative estimate of drug-likeness (QED) is 0.735. The number of amides is 2. The van der Waals surface area contributed by atoms with Crippen LogP contribution in [0.25, 0.3) is 22.2 Å². The van der Waals surface area contributed by atoms with Crippen molar-refractivity contribution >= 4 is 28.4 Å². The number of anilines is 1. The van der Waals surface area contributed by atoms with E-state index < -0.39 is 0 Å². The van der Waals surface area contributed by atoms with Crippen LogP contribution in [0.3, 0.4) is 0 Å². The second kappa shape index (κ2) is 7.99. The number of carbonyl (C=O) groups is 2. The van der Waals surface area contributed by atoms with Gasteiger partial charge in [0.25, 0.3) is 5.91 Å². The topological polar surface area (TPSA) is 62.3 Å². The maximum Gasteiger partial charge on any atom is 0.254 e. The van der Waals surface area contributed by atoms with Gasteiger partial charge < -0.3 is 10.2 Å². The predicted molar refractivity (Wildman–Crippen MR) is 109 cm³/mol. The normalized spacial score (nSPS) is 10.6. The molecule has 138 valence electrons. The highest BCUT2D eigenvalue weighted by Gasteiger charge is 2.17. The van der Waals surface area contributed by atoms with Gasteiger partial charge in [-0.25, -0.2) is 4.98 Å². The highest BCUT2D eigenvalue weighted by Crippen LogP contribution is 2.26. The van der Waals surface area contributed by atoms with E-state index in [1.54, 1.807) is 4.90 Å². The molecule has 0 spiro atoms. The zero-order valence-corrected chi connectivity index (χ0v) is 15.8. The summed E-state index contributed by atoms with van der Waals surface area (Å²) in [6.45, 7) is 4.23. The Morgan fingerprint density at radius 2 is 1.78 bits per heavy atom. The van der Waals surface area contributed by atoms with Crippen molar-refractivity contribution in [3.05, 3.63) is 60.2 Å². The van der Waals surface area contributed by atoms with Crippen LogP contribution in [0.2, 0.25) is 0 Å². The van der Waals surface area contributed by atoms with E-state index in [9.17, 15) is 9.59 Å². The second-order valence-corrected chi connectivity index (χ2v) is 6.56. The van der Waals surface area contributed by atoms with Gasteiger partial charge in [-0.15, -0.1) is 0 Å². The molecule has 1 aromatic heterocycles. The van der Waals surface area contributed by atoms with E-state index in [1.165, 1.54) is 6.92 Å². The number of hydrogen-bond donors (Lipinski definition) is 1. The zero-order chi connectivity index (χ0) is 19.4. The van der Waals surface area contributed by atoms with Gasteiger partial charge in [-0.05, 0) is 30.7 Å². The number of carbonyl (C=O) groups excluding carboxylic acids is 2. The minimum Gasteiger partial charge on any atom is -0.342 e. The first-order valence-corrected chi connectivity index (χ1v) is 9.03. The average Bonchev–Trinajstić information content (AvgIpc) is 2.67. The summed E-state index contributed by atoms with van der Waals surface area (Å²) in [4.78, 5) is 30.6. The Morgan fingerprint density at radius 3 is 2.44 bits per heavy atom. The minimum atomic E-state index is -0.113. The lowest BCUT2D eigenvalue weighted by molar-refractivity contribution is -0.114. The lowest BCUT2D eigenvalue weighted by Gasteiger charge is -2.18. The van der Waals surface area contributed by atoms with E-state index >= 15 is 0 Å². The SMILES string of the molecule is CCCN(C)C(=O)c1cc(-c2ccc(NC(C)=O)cc2)nc2ccccc12. The molecule has 1 N–H and O–H groups in total. The Kier molecular flexibility index (Phi) is 5.50. The number of nitrogens with zero attached hydrogens (tertiary/aromatic N) is 2. The molecule has 0 aliphatic carbocycles. The standard InChI is InChI=1S/C22H23N3O2/c1-4-13-25(3)22(27)19-14-21(24-20-8-6-5-7-18(19)20)16-9-11-17(12-10-16)23-15(2)26/h5-12,14H,4,13H2,1-3H3,(H,23,26). The van der Waals surface area contributed by atoms with Crippen LogP contribution in [-0.2, 0) is 4.79 Å². The van der Waals surface area contributed by atoms with Crippen molar-refractivity contribution < 1.29 is 9.59 Å². The van der Waals surface area contributed by atoms with E-state index in [0.29, 0.717) is 12.1 Å². The Labute approximate surface area is 159 Å². The molecule has 5 nitrogen and oxygen atoms in total. The first-order chi connectivity index (χ1) is 13.0. The lowest BCUT2D eigenvalue weighted by atomic mass is 10.0. The summed E-state index contributed by atoms with van der Waals surface area (Å²) in [6.07, 6.45) is 0.905. The Hall–Kier alpha value is -3.21. The van der Waals surface area contributed by atoms with Gasteiger partial charge in [0, 0.05) is 37.2 Å². The van der Waals surface area contributed by atoms with Gasteiger partial charge in [-0.3, -0.25) is 9.59 Å². The number of hydrogen-bond acceptors (Lipinski definition) is 3. The molecule has 0 radical (unpaired) electrons. The predicted octanol–water partition coefficient (Wildman–Crippen LogP) is 4.34. The molecule has 0 unspecified atom stereocenters. The van der Waals surface area contributed by atoms with Gasteiger partial charge >= 0.3 is 0 Å². The van der Waals surface area contributed by atoms with Gasteiger partial charge in [-0.1, -0.05) is 37.3 Å². The van der Waals surface area contributed by atoms with Crippen molar-refractivity contribution in [1.29, 1.82) is 0 Å². The highest BCUT2D eigenvalue weighted by atomic mass is 16.2. The number of fused-ring (bicyclic) bond motifs is 1. The molecule has 0 aliphatic rings. The van der Waals surface area contributed by atoms with Gasteiger partial charge in [0.2, 0.25) is 5.91 Å². The molecule has 0 fully saturated rings. The van der Waals surface area contributed by atoms with Crippen LogP contribution in [0, 0.1) is 0 Å². The number of nitrogens with one attached hydrogen (secondary N) is 1. The van der Waals surface area contributed by atoms with E-state index in [-0.39, 0.29) is 11.8 Å². The molecule has 0 atom stereocenters. The van der Waals surface area contributed by atoms with Gasteiger partial charge in [0.15, 0.2) is 0 Å². The largest absolute Gasteiger partial charge is 0.342 e. The molecule has 0 saturated carbocycles. The Balaban J connectivity index is 2.06. The average molecular weight is 361 g/mol. The van der Waals surface area contributed by atoms with E-state index in [0.717, 1.165) is 34.3 Å². The summed E-state index contributed by atoms with van der Waals surface area (Å²) in [5, 5.41) is 3.60. The summed E-state index contributed by atoms with van der Waals surface area (Å²) >= 11 is 0. The number of pyridine rings is 1. The molecule has 2 amide bonds. The first kappa shape index (κ1) is 18.6. The number of rotatable bonds is 5. The first-order valence-electron chi connectivity index (χ1n) is 9.03. The van der Waals surface area contributed by atoms with Gasteiger partial charge in [-0.2, -0.15) is 0 Å². The molecular weight excluding hydrogens is 338 g/mol. The van der Waals surface area contributed by atoms with Crippen LogP contribution in [0.1, 0.15) is 30.6 Å². The molecule has 1 heterocycles. The monoisotopic (exact) mass is 361 g/mol. The second-order valence-electron chi connectivity index (χ2n) is 6.56.